The fourth-order valence-electron chi connectivity index (χ4n) is 3.05. The number of methoxy groups -OCH3 is 1. The summed E-state index contributed by atoms with van der Waals surface area (Å²) in [5.41, 5.74) is 2.67. The van der Waals surface area contributed by atoms with Crippen LogP contribution in [-0.4, -0.2) is 22.8 Å². The minimum atomic E-state index is -1.01. The number of ether oxygens (including phenoxy) is 1. The summed E-state index contributed by atoms with van der Waals surface area (Å²) in [6.07, 6.45) is 0. The fraction of sp³-hybridized carbons (Fsp3) is 0.158. The molecule has 0 spiro atoms. The summed E-state index contributed by atoms with van der Waals surface area (Å²) in [5, 5.41) is 20.0. The number of aromatic nitrogens is 1. The number of rotatable bonds is 4. The topological polar surface area (TPSA) is 75.3 Å². The van der Waals surface area contributed by atoms with Gasteiger partial charge in [0, 0.05) is 23.6 Å². The van der Waals surface area contributed by atoms with Crippen molar-refractivity contribution in [2.45, 2.75) is 13.5 Å². The lowest BCUT2D eigenvalue weighted by atomic mass is 10.0. The van der Waals surface area contributed by atoms with Gasteiger partial charge >= 0.3 is 5.97 Å². The molecule has 120 valence electrons. The molecule has 3 rings (SSSR count). The van der Waals surface area contributed by atoms with E-state index in [0.717, 1.165) is 10.9 Å². The largest absolute Gasteiger partial charge is 0.497 e. The predicted octanol–water partition coefficient (Wildman–Crippen LogP) is 3.91. The van der Waals surface area contributed by atoms with Gasteiger partial charge in [0.1, 0.15) is 11.8 Å². The highest BCUT2D eigenvalue weighted by atomic mass is 16.5. The molecule has 0 bridgehead atoms. The van der Waals surface area contributed by atoms with Gasteiger partial charge in [-0.2, -0.15) is 5.26 Å². The van der Waals surface area contributed by atoms with Crippen LogP contribution in [0.4, 0.5) is 0 Å². The van der Waals surface area contributed by atoms with Crippen molar-refractivity contribution in [2.24, 2.45) is 0 Å². The summed E-state index contributed by atoms with van der Waals surface area (Å²) in [4.78, 5) is 11.6. The van der Waals surface area contributed by atoms with E-state index in [1.54, 1.807) is 37.4 Å². The molecule has 24 heavy (non-hydrogen) atoms. The zero-order chi connectivity index (χ0) is 17.3. The first-order valence-electron chi connectivity index (χ1n) is 7.55. The van der Waals surface area contributed by atoms with E-state index in [1.165, 1.54) is 0 Å². The second-order valence-electron chi connectivity index (χ2n) is 5.31. The molecule has 1 heterocycles. The van der Waals surface area contributed by atoms with Crippen LogP contribution in [0.5, 0.6) is 5.75 Å². The number of hydrogen-bond acceptors (Lipinski definition) is 3. The zero-order valence-electron chi connectivity index (χ0n) is 13.4. The molecule has 0 radical (unpaired) electrons. The molecule has 0 aliphatic heterocycles. The molecule has 0 fully saturated rings. The Morgan fingerprint density at radius 1 is 1.29 bits per heavy atom. The first kappa shape index (κ1) is 15.6. The van der Waals surface area contributed by atoms with Gasteiger partial charge in [-0.05, 0) is 25.1 Å². The maximum absolute atomic E-state index is 11.6. The van der Waals surface area contributed by atoms with E-state index < -0.39 is 5.97 Å². The van der Waals surface area contributed by atoms with Crippen molar-refractivity contribution in [3.63, 3.8) is 0 Å². The molecule has 0 saturated carbocycles. The lowest BCUT2D eigenvalue weighted by Crippen LogP contribution is -2.04. The van der Waals surface area contributed by atoms with Crippen LogP contribution in [0.1, 0.15) is 22.8 Å². The van der Waals surface area contributed by atoms with Crippen molar-refractivity contribution in [3.8, 4) is 23.1 Å². The van der Waals surface area contributed by atoms with Crippen molar-refractivity contribution >= 4 is 16.9 Å². The lowest BCUT2D eigenvalue weighted by molar-refractivity contribution is 0.0697. The van der Waals surface area contributed by atoms with E-state index in [2.05, 4.69) is 6.07 Å². The fourth-order valence-corrected chi connectivity index (χ4v) is 3.05. The molecule has 0 atom stereocenters. The highest BCUT2D eigenvalue weighted by Gasteiger charge is 2.22. The first-order chi connectivity index (χ1) is 11.6. The molecular weight excluding hydrogens is 304 g/mol. The maximum Gasteiger partial charge on any atom is 0.336 e. The van der Waals surface area contributed by atoms with Crippen LogP contribution in [0.25, 0.3) is 22.2 Å². The quantitative estimate of drug-likeness (QED) is 0.791. The van der Waals surface area contributed by atoms with Crippen LogP contribution in [0.15, 0.2) is 42.5 Å². The summed E-state index contributed by atoms with van der Waals surface area (Å²) < 4.78 is 7.24. The summed E-state index contributed by atoms with van der Waals surface area (Å²) in [6, 6.07) is 14.5. The molecule has 5 nitrogen and oxygen atoms in total. The number of aryl methyl sites for hydroxylation is 1. The van der Waals surface area contributed by atoms with E-state index in [9.17, 15) is 15.2 Å². The van der Waals surface area contributed by atoms with E-state index >= 15 is 0 Å². The number of carboxylic acid groups (broad SMARTS) is 1. The van der Waals surface area contributed by atoms with Gasteiger partial charge in [-0.1, -0.05) is 18.2 Å². The average Bonchev–Trinajstić information content (AvgIpc) is 2.93. The van der Waals surface area contributed by atoms with Crippen LogP contribution in [0.2, 0.25) is 0 Å². The van der Waals surface area contributed by atoms with Crippen molar-refractivity contribution in [2.75, 3.05) is 7.11 Å². The smallest absolute Gasteiger partial charge is 0.336 e. The van der Waals surface area contributed by atoms with Crippen molar-refractivity contribution < 1.29 is 14.6 Å². The van der Waals surface area contributed by atoms with Gasteiger partial charge in [-0.25, -0.2) is 4.79 Å². The normalized spacial score (nSPS) is 10.5. The minimum Gasteiger partial charge on any atom is -0.497 e. The van der Waals surface area contributed by atoms with Crippen LogP contribution < -0.4 is 4.74 Å². The lowest BCUT2D eigenvalue weighted by Gasteiger charge is -2.11. The number of benzene rings is 2. The summed E-state index contributed by atoms with van der Waals surface area (Å²) in [5.74, 6) is -0.322. The van der Waals surface area contributed by atoms with Gasteiger partial charge in [0.2, 0.25) is 0 Å². The number of hydrogen-bond donors (Lipinski definition) is 1. The maximum atomic E-state index is 11.6. The van der Waals surface area contributed by atoms with Crippen LogP contribution in [0, 0.1) is 11.3 Å². The Labute approximate surface area is 139 Å². The zero-order valence-corrected chi connectivity index (χ0v) is 13.4. The van der Waals surface area contributed by atoms with Crippen molar-refractivity contribution in [1.29, 1.82) is 5.26 Å². The Morgan fingerprint density at radius 2 is 2.04 bits per heavy atom. The number of nitrogens with zero attached hydrogens (tertiary/aromatic N) is 2. The van der Waals surface area contributed by atoms with Crippen LogP contribution in [0.3, 0.4) is 0 Å². The van der Waals surface area contributed by atoms with E-state index in [1.807, 2.05) is 23.6 Å². The average molecular weight is 320 g/mol. The molecular formula is C19H16N2O3. The molecule has 0 aliphatic carbocycles. The highest BCUT2D eigenvalue weighted by Crippen LogP contribution is 2.36. The molecule has 0 unspecified atom stereocenters. The van der Waals surface area contributed by atoms with Gasteiger partial charge in [0.05, 0.1) is 29.4 Å². The minimum absolute atomic E-state index is 0.179. The molecule has 2 aromatic carbocycles. The number of carboxylic acids is 1. The van der Waals surface area contributed by atoms with E-state index in [-0.39, 0.29) is 5.56 Å². The van der Waals surface area contributed by atoms with E-state index in [0.29, 0.717) is 29.1 Å². The monoisotopic (exact) mass is 320 g/mol. The van der Waals surface area contributed by atoms with Gasteiger partial charge in [-0.3, -0.25) is 0 Å². The van der Waals surface area contributed by atoms with Crippen LogP contribution >= 0.6 is 0 Å². The Bertz CT molecular complexity index is 980. The summed E-state index contributed by atoms with van der Waals surface area (Å²) in [7, 11) is 1.59. The molecule has 0 saturated heterocycles. The molecule has 5 heteroatoms. The Morgan fingerprint density at radius 3 is 2.67 bits per heavy atom. The van der Waals surface area contributed by atoms with Gasteiger partial charge < -0.3 is 14.4 Å². The molecule has 3 aromatic rings. The molecule has 0 aliphatic rings. The number of carbonyl (C=O) groups is 1. The SMILES string of the molecule is CCn1c(-c2ccccc2C(=O)O)c(C#N)c2ccc(OC)cc21. The Hall–Kier alpha value is -3.26. The van der Waals surface area contributed by atoms with E-state index in [4.69, 9.17) is 4.74 Å². The van der Waals surface area contributed by atoms with Crippen LogP contribution in [-0.2, 0) is 6.54 Å². The first-order valence-corrected chi connectivity index (χ1v) is 7.55. The molecule has 1 N–H and O–H groups in total. The third kappa shape index (κ3) is 2.29. The Kier molecular flexibility index (Phi) is 3.97. The highest BCUT2D eigenvalue weighted by molar-refractivity contribution is 6.01. The number of fused-ring (bicyclic) bond motifs is 1. The predicted molar refractivity (Wildman–Crippen MR) is 91.3 cm³/mol. The third-order valence-electron chi connectivity index (χ3n) is 4.11. The standard InChI is InChI=1S/C19H16N2O3/c1-3-21-17-10-12(24-2)8-9-13(17)16(11-20)18(21)14-6-4-5-7-15(14)19(22)23/h4-10H,3H2,1-2H3,(H,22,23). The number of aromatic carboxylic acids is 1. The van der Waals surface area contributed by atoms with Gasteiger partial charge in [0.25, 0.3) is 0 Å². The van der Waals surface area contributed by atoms with Gasteiger partial charge in [0.15, 0.2) is 0 Å². The Balaban J connectivity index is 2.45. The third-order valence-corrected chi connectivity index (χ3v) is 4.11. The molecule has 0 amide bonds. The summed E-state index contributed by atoms with van der Waals surface area (Å²) in [6.45, 7) is 2.57. The second-order valence-corrected chi connectivity index (χ2v) is 5.31. The second kappa shape index (κ2) is 6.09. The number of nitriles is 1. The van der Waals surface area contributed by atoms with Crippen molar-refractivity contribution in [1.82, 2.24) is 4.57 Å². The van der Waals surface area contributed by atoms with Gasteiger partial charge in [-0.15, -0.1) is 0 Å². The van der Waals surface area contributed by atoms with Crippen molar-refractivity contribution in [3.05, 3.63) is 53.6 Å². The molecule has 1 aromatic heterocycles. The summed E-state index contributed by atoms with van der Waals surface area (Å²) >= 11 is 0.